The fraction of sp³-hybridized carbons (Fsp3) is 0.364. The molecule has 0 unspecified atom stereocenters. The molecule has 0 heterocycles. The van der Waals surface area contributed by atoms with Gasteiger partial charge < -0.3 is 9.84 Å². The van der Waals surface area contributed by atoms with Crippen LogP contribution >= 0.6 is 0 Å². The minimum Gasteiger partial charge on any atom is -0.479 e. The largest absolute Gasteiger partial charge is 0.479 e. The molecular formula is C11H14O3. The van der Waals surface area contributed by atoms with Crippen LogP contribution in [0.5, 0.6) is 5.75 Å². The van der Waals surface area contributed by atoms with E-state index in [0.29, 0.717) is 5.75 Å². The smallest absolute Gasteiger partial charge is 0.344 e. The molecule has 0 bridgehead atoms. The van der Waals surface area contributed by atoms with Gasteiger partial charge in [0, 0.05) is 0 Å². The summed E-state index contributed by atoms with van der Waals surface area (Å²) in [5, 5.41) is 8.66. The first-order chi connectivity index (χ1) is 6.50. The van der Waals surface area contributed by atoms with Crippen molar-refractivity contribution in [3.05, 3.63) is 29.3 Å². The second-order valence-corrected chi connectivity index (χ2v) is 3.37. The summed E-state index contributed by atoms with van der Waals surface area (Å²) in [5.74, 6) is -0.324. The minimum atomic E-state index is -0.954. The summed E-state index contributed by atoms with van der Waals surface area (Å²) >= 11 is 0. The van der Waals surface area contributed by atoms with E-state index in [1.165, 1.54) is 6.92 Å². The van der Waals surface area contributed by atoms with Crippen molar-refractivity contribution < 1.29 is 14.6 Å². The highest BCUT2D eigenvalue weighted by molar-refractivity contribution is 5.72. The molecule has 0 aliphatic rings. The first-order valence-electron chi connectivity index (χ1n) is 4.47. The van der Waals surface area contributed by atoms with Gasteiger partial charge in [0.15, 0.2) is 6.10 Å². The zero-order valence-corrected chi connectivity index (χ0v) is 8.57. The normalized spacial score (nSPS) is 12.2. The highest BCUT2D eigenvalue weighted by Crippen LogP contribution is 2.19. The van der Waals surface area contributed by atoms with Gasteiger partial charge in [0.1, 0.15) is 5.75 Å². The molecule has 0 saturated carbocycles. The van der Waals surface area contributed by atoms with Crippen LogP contribution in [-0.2, 0) is 4.79 Å². The molecule has 3 nitrogen and oxygen atoms in total. The Morgan fingerprint density at radius 2 is 2.07 bits per heavy atom. The van der Waals surface area contributed by atoms with E-state index in [1.54, 1.807) is 6.07 Å². The Morgan fingerprint density at radius 3 is 2.57 bits per heavy atom. The molecule has 1 aromatic rings. The summed E-state index contributed by atoms with van der Waals surface area (Å²) in [6.07, 6.45) is -0.809. The quantitative estimate of drug-likeness (QED) is 0.802. The van der Waals surface area contributed by atoms with E-state index >= 15 is 0 Å². The first kappa shape index (κ1) is 10.6. The third kappa shape index (κ3) is 2.49. The molecule has 0 saturated heterocycles. The fourth-order valence-electron chi connectivity index (χ4n) is 1.17. The summed E-state index contributed by atoms with van der Waals surface area (Å²) in [7, 11) is 0. The van der Waals surface area contributed by atoms with Crippen LogP contribution in [0.15, 0.2) is 18.2 Å². The first-order valence-corrected chi connectivity index (χ1v) is 4.47. The maximum atomic E-state index is 10.6. The van der Waals surface area contributed by atoms with Crippen LogP contribution in [-0.4, -0.2) is 17.2 Å². The van der Waals surface area contributed by atoms with Crippen LogP contribution in [0, 0.1) is 13.8 Å². The fourth-order valence-corrected chi connectivity index (χ4v) is 1.17. The second kappa shape index (κ2) is 4.13. The maximum absolute atomic E-state index is 10.6. The van der Waals surface area contributed by atoms with E-state index in [-0.39, 0.29) is 0 Å². The number of ether oxygens (including phenoxy) is 1. The van der Waals surface area contributed by atoms with Crippen molar-refractivity contribution in [2.75, 3.05) is 0 Å². The molecule has 0 spiro atoms. The van der Waals surface area contributed by atoms with Gasteiger partial charge in [-0.15, -0.1) is 0 Å². The monoisotopic (exact) mass is 194 g/mol. The average Bonchev–Trinajstić information content (AvgIpc) is 2.09. The van der Waals surface area contributed by atoms with E-state index in [1.807, 2.05) is 26.0 Å². The molecule has 1 rings (SSSR count). The number of carboxylic acid groups (broad SMARTS) is 1. The van der Waals surface area contributed by atoms with Gasteiger partial charge in [-0.25, -0.2) is 4.79 Å². The zero-order valence-electron chi connectivity index (χ0n) is 8.57. The SMILES string of the molecule is Cc1ccc(O[C@H](C)C(=O)O)c(C)c1. The summed E-state index contributed by atoms with van der Waals surface area (Å²) < 4.78 is 5.26. The number of benzene rings is 1. The number of hydrogen-bond acceptors (Lipinski definition) is 2. The Kier molecular flexibility index (Phi) is 3.12. The molecule has 14 heavy (non-hydrogen) atoms. The van der Waals surface area contributed by atoms with Gasteiger partial charge in [-0.1, -0.05) is 17.7 Å². The number of aliphatic carboxylic acids is 1. The van der Waals surface area contributed by atoms with Crippen LogP contribution < -0.4 is 4.74 Å². The van der Waals surface area contributed by atoms with Gasteiger partial charge in [0.05, 0.1) is 0 Å². The summed E-state index contributed by atoms with van der Waals surface area (Å²) in [4.78, 5) is 10.6. The van der Waals surface area contributed by atoms with Crippen molar-refractivity contribution >= 4 is 5.97 Å². The summed E-state index contributed by atoms with van der Waals surface area (Å²) in [5.41, 5.74) is 2.09. The van der Waals surface area contributed by atoms with Gasteiger partial charge in [-0.2, -0.15) is 0 Å². The second-order valence-electron chi connectivity index (χ2n) is 3.37. The van der Waals surface area contributed by atoms with E-state index < -0.39 is 12.1 Å². The molecule has 3 heteroatoms. The third-order valence-corrected chi connectivity index (χ3v) is 1.98. The Balaban J connectivity index is 2.82. The van der Waals surface area contributed by atoms with Crippen molar-refractivity contribution in [2.45, 2.75) is 26.9 Å². The zero-order chi connectivity index (χ0) is 10.7. The molecule has 76 valence electrons. The molecule has 0 radical (unpaired) electrons. The Bertz CT molecular complexity index is 344. The number of hydrogen-bond donors (Lipinski definition) is 1. The lowest BCUT2D eigenvalue weighted by Crippen LogP contribution is -2.23. The molecule has 0 aromatic heterocycles. The lowest BCUT2D eigenvalue weighted by atomic mass is 10.1. The van der Waals surface area contributed by atoms with Gasteiger partial charge in [0.25, 0.3) is 0 Å². The predicted octanol–water partition coefficient (Wildman–Crippen LogP) is 2.16. The Morgan fingerprint density at radius 1 is 1.43 bits per heavy atom. The Hall–Kier alpha value is -1.51. The lowest BCUT2D eigenvalue weighted by Gasteiger charge is -2.12. The van der Waals surface area contributed by atoms with Crippen molar-refractivity contribution in [3.8, 4) is 5.75 Å². The molecule has 1 aromatic carbocycles. The molecule has 0 aliphatic carbocycles. The Labute approximate surface area is 83.3 Å². The highest BCUT2D eigenvalue weighted by atomic mass is 16.5. The van der Waals surface area contributed by atoms with E-state index in [0.717, 1.165) is 11.1 Å². The minimum absolute atomic E-state index is 0.630. The van der Waals surface area contributed by atoms with Crippen LogP contribution in [0.2, 0.25) is 0 Å². The van der Waals surface area contributed by atoms with Crippen LogP contribution in [0.4, 0.5) is 0 Å². The topological polar surface area (TPSA) is 46.5 Å². The van der Waals surface area contributed by atoms with Gasteiger partial charge in [0.2, 0.25) is 0 Å². The molecule has 0 fully saturated rings. The van der Waals surface area contributed by atoms with E-state index in [9.17, 15) is 4.79 Å². The van der Waals surface area contributed by atoms with E-state index in [2.05, 4.69) is 0 Å². The highest BCUT2D eigenvalue weighted by Gasteiger charge is 2.13. The van der Waals surface area contributed by atoms with E-state index in [4.69, 9.17) is 9.84 Å². The molecule has 1 N–H and O–H groups in total. The van der Waals surface area contributed by atoms with Gasteiger partial charge >= 0.3 is 5.97 Å². The standard InChI is InChI=1S/C11H14O3/c1-7-4-5-10(8(2)6-7)14-9(3)11(12)13/h4-6,9H,1-3H3,(H,12,13)/t9-/m1/s1. The third-order valence-electron chi connectivity index (χ3n) is 1.98. The van der Waals surface area contributed by atoms with Crippen molar-refractivity contribution in [3.63, 3.8) is 0 Å². The van der Waals surface area contributed by atoms with Crippen LogP contribution in [0.3, 0.4) is 0 Å². The molecule has 0 aliphatic heterocycles. The van der Waals surface area contributed by atoms with Crippen molar-refractivity contribution in [1.82, 2.24) is 0 Å². The number of carbonyl (C=O) groups is 1. The number of aryl methyl sites for hydroxylation is 2. The average molecular weight is 194 g/mol. The molecule has 1 atom stereocenters. The number of rotatable bonds is 3. The molecule has 0 amide bonds. The summed E-state index contributed by atoms with van der Waals surface area (Å²) in [6, 6.07) is 5.66. The van der Waals surface area contributed by atoms with Gasteiger partial charge in [-0.3, -0.25) is 0 Å². The maximum Gasteiger partial charge on any atom is 0.344 e. The molecular weight excluding hydrogens is 180 g/mol. The van der Waals surface area contributed by atoms with Gasteiger partial charge in [-0.05, 0) is 32.4 Å². The van der Waals surface area contributed by atoms with Crippen molar-refractivity contribution in [2.24, 2.45) is 0 Å². The summed E-state index contributed by atoms with van der Waals surface area (Å²) in [6.45, 7) is 5.40. The van der Waals surface area contributed by atoms with Crippen molar-refractivity contribution in [1.29, 1.82) is 0 Å². The lowest BCUT2D eigenvalue weighted by molar-refractivity contribution is -0.144. The number of carboxylic acids is 1. The van der Waals surface area contributed by atoms with Crippen LogP contribution in [0.1, 0.15) is 18.1 Å². The van der Waals surface area contributed by atoms with Crippen LogP contribution in [0.25, 0.3) is 0 Å². The predicted molar refractivity (Wildman–Crippen MR) is 53.6 cm³/mol.